The molecule has 3 fully saturated rings. The van der Waals surface area contributed by atoms with Crippen LogP contribution in [0.2, 0.25) is 0 Å². The van der Waals surface area contributed by atoms with Crippen molar-refractivity contribution in [2.24, 2.45) is 17.8 Å². The largest absolute Gasteiger partial charge is 0.390 e. The number of hydrogen-bond acceptors (Lipinski definition) is 6. The zero-order valence-electron chi connectivity index (χ0n) is 16.8. The minimum absolute atomic E-state index is 0.00368. The van der Waals surface area contributed by atoms with Gasteiger partial charge in [-0.1, -0.05) is 55.2 Å². The van der Waals surface area contributed by atoms with E-state index in [1.807, 2.05) is 30.3 Å². The molecule has 3 N–H and O–H groups in total. The van der Waals surface area contributed by atoms with Gasteiger partial charge in [0.1, 0.15) is 4.32 Å². The highest BCUT2D eigenvalue weighted by Crippen LogP contribution is 2.48. The van der Waals surface area contributed by atoms with Gasteiger partial charge in [-0.3, -0.25) is 14.5 Å². The van der Waals surface area contributed by atoms with Crippen LogP contribution in [0.1, 0.15) is 30.9 Å². The predicted molar refractivity (Wildman–Crippen MR) is 120 cm³/mol. The maximum Gasteiger partial charge on any atom is 0.266 e. The monoisotopic (exact) mass is 446 g/mol. The maximum absolute atomic E-state index is 12.7. The molecule has 0 spiro atoms. The number of nitrogens with one attached hydrogen (secondary N) is 1. The van der Waals surface area contributed by atoms with E-state index in [0.717, 1.165) is 12.0 Å². The lowest BCUT2D eigenvalue weighted by atomic mass is 9.84. The normalized spacial score (nSPS) is 31.8. The van der Waals surface area contributed by atoms with Crippen LogP contribution in [0, 0.1) is 17.8 Å². The van der Waals surface area contributed by atoms with Crippen LogP contribution in [0.15, 0.2) is 29.2 Å². The fourth-order valence-corrected chi connectivity index (χ4v) is 6.03. The van der Waals surface area contributed by atoms with E-state index in [0.29, 0.717) is 35.2 Å². The lowest BCUT2D eigenvalue weighted by Gasteiger charge is -2.29. The molecule has 1 saturated heterocycles. The topological polar surface area (TPSA) is 89.9 Å². The summed E-state index contributed by atoms with van der Waals surface area (Å²) in [5.74, 6) is -0.707. The third-order valence-corrected chi connectivity index (χ3v) is 7.83. The van der Waals surface area contributed by atoms with Crippen molar-refractivity contribution in [3.63, 3.8) is 0 Å². The molecule has 0 unspecified atom stereocenters. The highest BCUT2D eigenvalue weighted by Gasteiger charge is 2.53. The van der Waals surface area contributed by atoms with Crippen molar-refractivity contribution in [2.45, 2.75) is 38.4 Å². The quantitative estimate of drug-likeness (QED) is 0.457. The molecule has 0 aromatic heterocycles. The maximum atomic E-state index is 12.7. The zero-order valence-corrected chi connectivity index (χ0v) is 18.4. The SMILES string of the molecule is CCc1ccc(/C=C2\SC(=S)N(CCNC(=O)[C@H]3C[C@@H]4C[C@H]3[C@@H](O)[C@H]4O)C2=O)cc1. The van der Waals surface area contributed by atoms with Crippen molar-refractivity contribution in [2.75, 3.05) is 13.1 Å². The molecule has 6 nitrogen and oxygen atoms in total. The molecule has 3 aliphatic rings. The summed E-state index contributed by atoms with van der Waals surface area (Å²) >= 11 is 6.64. The molecule has 1 aromatic carbocycles. The summed E-state index contributed by atoms with van der Waals surface area (Å²) in [6.07, 6.45) is 2.59. The number of aryl methyl sites for hydroxylation is 1. The number of aliphatic hydroxyl groups excluding tert-OH is 2. The van der Waals surface area contributed by atoms with E-state index in [9.17, 15) is 19.8 Å². The number of hydrogen-bond donors (Lipinski definition) is 3. The molecule has 160 valence electrons. The van der Waals surface area contributed by atoms with E-state index >= 15 is 0 Å². The molecule has 0 radical (unpaired) electrons. The van der Waals surface area contributed by atoms with Gasteiger partial charge in [0.05, 0.1) is 17.1 Å². The van der Waals surface area contributed by atoms with Crippen molar-refractivity contribution in [1.29, 1.82) is 0 Å². The minimum Gasteiger partial charge on any atom is -0.390 e. The third-order valence-electron chi connectivity index (χ3n) is 6.45. The Hall–Kier alpha value is -1.74. The molecule has 8 heteroatoms. The first kappa shape index (κ1) is 21.5. The van der Waals surface area contributed by atoms with Crippen LogP contribution in [0.25, 0.3) is 6.08 Å². The lowest BCUT2D eigenvalue weighted by Crippen LogP contribution is -2.45. The third kappa shape index (κ3) is 4.06. The molecule has 1 heterocycles. The molecule has 2 bridgehead atoms. The number of aliphatic hydroxyl groups is 2. The van der Waals surface area contributed by atoms with Gasteiger partial charge in [-0.05, 0) is 48.3 Å². The molecule has 2 amide bonds. The van der Waals surface area contributed by atoms with Gasteiger partial charge >= 0.3 is 0 Å². The number of thiocarbonyl (C=S) groups is 1. The van der Waals surface area contributed by atoms with Crippen LogP contribution in [-0.4, -0.2) is 56.5 Å². The second-order valence-corrected chi connectivity index (χ2v) is 9.88. The number of carbonyl (C=O) groups is 2. The van der Waals surface area contributed by atoms with E-state index in [2.05, 4.69) is 12.2 Å². The van der Waals surface area contributed by atoms with Gasteiger partial charge in [-0.15, -0.1) is 0 Å². The summed E-state index contributed by atoms with van der Waals surface area (Å²) in [6.45, 7) is 2.71. The van der Waals surface area contributed by atoms with Gasteiger partial charge in [0.25, 0.3) is 5.91 Å². The van der Waals surface area contributed by atoms with Gasteiger partial charge in [0, 0.05) is 19.0 Å². The molecule has 30 heavy (non-hydrogen) atoms. The van der Waals surface area contributed by atoms with Gasteiger partial charge < -0.3 is 15.5 Å². The smallest absolute Gasteiger partial charge is 0.266 e. The fourth-order valence-electron chi connectivity index (χ4n) is 4.72. The van der Waals surface area contributed by atoms with Crippen molar-refractivity contribution < 1.29 is 19.8 Å². The molecule has 1 aromatic rings. The Kier molecular flexibility index (Phi) is 6.29. The van der Waals surface area contributed by atoms with Gasteiger partial charge in [0.2, 0.25) is 5.91 Å². The molecular weight excluding hydrogens is 420 g/mol. The molecule has 4 rings (SSSR count). The van der Waals surface area contributed by atoms with Gasteiger partial charge in [-0.2, -0.15) is 0 Å². The summed E-state index contributed by atoms with van der Waals surface area (Å²) in [5, 5.41) is 22.8. The first-order valence-electron chi connectivity index (χ1n) is 10.4. The molecule has 2 aliphatic carbocycles. The Balaban J connectivity index is 1.31. The second kappa shape index (κ2) is 8.78. The zero-order chi connectivity index (χ0) is 21.4. The summed E-state index contributed by atoms with van der Waals surface area (Å²) < 4.78 is 0.490. The molecule has 5 atom stereocenters. The number of amides is 2. The minimum atomic E-state index is -0.817. The van der Waals surface area contributed by atoms with E-state index in [4.69, 9.17) is 12.2 Å². The van der Waals surface area contributed by atoms with Crippen LogP contribution >= 0.6 is 24.0 Å². The first-order valence-corrected chi connectivity index (χ1v) is 11.6. The van der Waals surface area contributed by atoms with Crippen LogP contribution in [0.3, 0.4) is 0 Å². The van der Waals surface area contributed by atoms with E-state index in [1.165, 1.54) is 22.2 Å². The van der Waals surface area contributed by atoms with Crippen LogP contribution < -0.4 is 5.32 Å². The molecule has 2 saturated carbocycles. The number of benzene rings is 1. The Morgan fingerprint density at radius 2 is 2.00 bits per heavy atom. The number of rotatable bonds is 6. The molecular formula is C22H26N2O4S2. The lowest BCUT2D eigenvalue weighted by molar-refractivity contribution is -0.131. The van der Waals surface area contributed by atoms with E-state index in [1.54, 1.807) is 0 Å². The van der Waals surface area contributed by atoms with Crippen molar-refractivity contribution in [3.05, 3.63) is 40.3 Å². The first-order chi connectivity index (χ1) is 14.4. The van der Waals surface area contributed by atoms with E-state index in [-0.39, 0.29) is 29.6 Å². The number of fused-ring (bicyclic) bond motifs is 2. The number of nitrogens with zero attached hydrogens (tertiary/aromatic N) is 1. The Labute approximate surface area is 185 Å². The van der Waals surface area contributed by atoms with Gasteiger partial charge in [-0.25, -0.2) is 0 Å². The predicted octanol–water partition coefficient (Wildman–Crippen LogP) is 1.94. The Morgan fingerprint density at radius 3 is 2.63 bits per heavy atom. The Bertz CT molecular complexity index is 884. The Morgan fingerprint density at radius 1 is 1.27 bits per heavy atom. The standard InChI is InChI=1S/C22H26N2O4S2/c1-2-12-3-5-13(6-4-12)9-17-21(28)24(22(29)30-17)8-7-23-20(27)16-11-14-10-15(16)19(26)18(14)25/h3-6,9,14-16,18-19,25-26H,2,7-8,10-11H2,1H3,(H,23,27)/b17-9-/t14-,15+,16-,18-,19+/m0/s1. The van der Waals surface area contributed by atoms with Crippen LogP contribution in [0.4, 0.5) is 0 Å². The summed E-state index contributed by atoms with van der Waals surface area (Å²) in [5.41, 5.74) is 2.20. The summed E-state index contributed by atoms with van der Waals surface area (Å²) in [7, 11) is 0. The average Bonchev–Trinajstić information content (AvgIpc) is 3.38. The van der Waals surface area contributed by atoms with Crippen molar-refractivity contribution in [1.82, 2.24) is 10.2 Å². The average molecular weight is 447 g/mol. The van der Waals surface area contributed by atoms with Crippen LogP contribution in [-0.2, 0) is 16.0 Å². The molecule has 1 aliphatic heterocycles. The van der Waals surface area contributed by atoms with Crippen LogP contribution in [0.5, 0.6) is 0 Å². The second-order valence-electron chi connectivity index (χ2n) is 8.20. The summed E-state index contributed by atoms with van der Waals surface area (Å²) in [6, 6.07) is 8.08. The van der Waals surface area contributed by atoms with Crippen molar-refractivity contribution >= 4 is 46.2 Å². The summed E-state index contributed by atoms with van der Waals surface area (Å²) in [4.78, 5) is 27.4. The number of carbonyl (C=O) groups excluding carboxylic acids is 2. The highest BCUT2D eigenvalue weighted by atomic mass is 32.2. The van der Waals surface area contributed by atoms with E-state index < -0.39 is 12.2 Å². The fraction of sp³-hybridized carbons (Fsp3) is 0.500. The van der Waals surface area contributed by atoms with Crippen molar-refractivity contribution in [3.8, 4) is 0 Å². The van der Waals surface area contributed by atoms with Gasteiger partial charge in [0.15, 0.2) is 0 Å². The highest BCUT2D eigenvalue weighted by molar-refractivity contribution is 8.26. The number of thioether (sulfide) groups is 1.